The zero-order chi connectivity index (χ0) is 21.5. The Kier molecular flexibility index (Phi) is 7.64. The Labute approximate surface area is 173 Å². The molecule has 0 unspecified atom stereocenters. The van der Waals surface area contributed by atoms with Gasteiger partial charge in [-0.2, -0.15) is 0 Å². The van der Waals surface area contributed by atoms with Crippen molar-refractivity contribution < 1.29 is 13.2 Å². The van der Waals surface area contributed by atoms with Gasteiger partial charge in [0.15, 0.2) is 5.96 Å². The predicted octanol–water partition coefficient (Wildman–Crippen LogP) is 2.64. The maximum Gasteiger partial charge on any atom is 0.241 e. The number of hydrogen-bond acceptors (Lipinski definition) is 4. The summed E-state index contributed by atoms with van der Waals surface area (Å²) in [6.07, 6.45) is 0. The molecule has 0 aliphatic carbocycles. The third kappa shape index (κ3) is 7.07. The van der Waals surface area contributed by atoms with Crippen LogP contribution < -0.4 is 20.1 Å². The molecule has 2 rings (SSSR count). The second-order valence-corrected chi connectivity index (χ2v) is 9.24. The first-order chi connectivity index (χ1) is 13.6. The van der Waals surface area contributed by atoms with Gasteiger partial charge < -0.3 is 15.4 Å². The van der Waals surface area contributed by atoms with E-state index in [1.807, 2.05) is 51.1 Å². The fourth-order valence-corrected chi connectivity index (χ4v) is 4.40. The van der Waals surface area contributed by atoms with Crippen molar-refractivity contribution in [1.82, 2.24) is 15.4 Å². The first kappa shape index (κ1) is 22.7. The quantitative estimate of drug-likeness (QED) is 0.475. The molecule has 0 aliphatic rings. The number of nitrogens with one attached hydrogen (secondary N) is 3. The molecule has 0 atom stereocenters. The van der Waals surface area contributed by atoms with Gasteiger partial charge in [0.25, 0.3) is 0 Å². The molecule has 0 radical (unpaired) electrons. The monoisotopic (exact) mass is 418 g/mol. The first-order valence-electron chi connectivity index (χ1n) is 9.34. The van der Waals surface area contributed by atoms with Crippen LogP contribution in [0.15, 0.2) is 58.4 Å². The first-order valence-corrected chi connectivity index (χ1v) is 10.8. The fourth-order valence-electron chi connectivity index (χ4n) is 2.74. The van der Waals surface area contributed by atoms with Crippen LogP contribution in [0, 0.1) is 0 Å². The number of nitrogens with zero attached hydrogens (tertiary/aromatic N) is 1. The number of sulfonamides is 1. The van der Waals surface area contributed by atoms with Crippen molar-refractivity contribution in [2.45, 2.75) is 44.3 Å². The van der Waals surface area contributed by atoms with Crippen LogP contribution >= 0.6 is 0 Å². The molecule has 0 aliphatic heterocycles. The van der Waals surface area contributed by atoms with E-state index in [1.54, 1.807) is 32.4 Å². The zero-order valence-corrected chi connectivity index (χ0v) is 18.4. The largest absolute Gasteiger partial charge is 0.497 e. The Morgan fingerprint density at radius 1 is 1.03 bits per heavy atom. The smallest absolute Gasteiger partial charge is 0.241 e. The van der Waals surface area contributed by atoms with Crippen molar-refractivity contribution in [3.05, 3.63) is 59.7 Å². The molecular formula is C21H30N4O3S. The Hall–Kier alpha value is -2.58. The van der Waals surface area contributed by atoms with Crippen LogP contribution in [-0.2, 0) is 23.1 Å². The third-order valence-corrected chi connectivity index (χ3v) is 5.83. The van der Waals surface area contributed by atoms with E-state index in [0.29, 0.717) is 24.6 Å². The summed E-state index contributed by atoms with van der Waals surface area (Å²) in [5.74, 6) is 1.36. The number of methoxy groups -OCH3 is 1. The maximum absolute atomic E-state index is 12.8. The molecule has 7 nitrogen and oxygen atoms in total. The summed E-state index contributed by atoms with van der Waals surface area (Å²) in [5.41, 5.74) is 1.14. The van der Waals surface area contributed by atoms with Gasteiger partial charge in [-0.1, -0.05) is 30.3 Å². The molecule has 0 bridgehead atoms. The van der Waals surface area contributed by atoms with E-state index in [1.165, 1.54) is 0 Å². The van der Waals surface area contributed by atoms with Crippen LogP contribution in [0.2, 0.25) is 0 Å². The Bertz CT molecular complexity index is 950. The number of benzene rings is 2. The molecule has 2 aromatic rings. The Morgan fingerprint density at radius 3 is 2.38 bits per heavy atom. The number of rotatable bonds is 7. The molecule has 0 amide bonds. The van der Waals surface area contributed by atoms with Gasteiger partial charge in [-0.3, -0.25) is 4.99 Å². The minimum absolute atomic E-state index is 0.255. The molecule has 3 N–H and O–H groups in total. The molecule has 0 aromatic heterocycles. The van der Waals surface area contributed by atoms with Crippen molar-refractivity contribution in [1.29, 1.82) is 0 Å². The number of ether oxygens (including phenoxy) is 1. The standard InChI is InChI=1S/C21H30N4O3S/c1-21(2,3)25-29(26,27)19-12-7-6-10-17(19)15-24-20(22-4)23-14-16-9-8-11-18(13-16)28-5/h6-13,25H,14-15H2,1-5H3,(H2,22,23,24). The van der Waals surface area contributed by atoms with Crippen LogP contribution in [0.4, 0.5) is 0 Å². The second kappa shape index (κ2) is 9.76. The van der Waals surface area contributed by atoms with E-state index < -0.39 is 15.6 Å². The summed E-state index contributed by atoms with van der Waals surface area (Å²) >= 11 is 0. The lowest BCUT2D eigenvalue weighted by Gasteiger charge is -2.22. The van der Waals surface area contributed by atoms with E-state index >= 15 is 0 Å². The molecule has 0 heterocycles. The number of guanidine groups is 1. The second-order valence-electron chi connectivity index (χ2n) is 7.59. The SMILES string of the molecule is CN=C(NCc1cccc(OC)c1)NCc1ccccc1S(=O)(=O)NC(C)(C)C. The molecule has 0 saturated heterocycles. The summed E-state index contributed by atoms with van der Waals surface area (Å²) in [4.78, 5) is 4.47. The van der Waals surface area contributed by atoms with Gasteiger partial charge in [0, 0.05) is 25.7 Å². The van der Waals surface area contributed by atoms with Crippen LogP contribution in [0.25, 0.3) is 0 Å². The molecule has 158 valence electrons. The van der Waals surface area contributed by atoms with Gasteiger partial charge in [-0.25, -0.2) is 13.1 Å². The van der Waals surface area contributed by atoms with Crippen molar-refractivity contribution >= 4 is 16.0 Å². The molecule has 2 aromatic carbocycles. The van der Waals surface area contributed by atoms with E-state index in [9.17, 15) is 8.42 Å². The number of hydrogen-bond donors (Lipinski definition) is 3. The van der Waals surface area contributed by atoms with Crippen molar-refractivity contribution in [2.24, 2.45) is 4.99 Å². The Balaban J connectivity index is 2.06. The van der Waals surface area contributed by atoms with Gasteiger partial charge in [0.05, 0.1) is 12.0 Å². The molecular weight excluding hydrogens is 388 g/mol. The highest BCUT2D eigenvalue weighted by Crippen LogP contribution is 2.18. The highest BCUT2D eigenvalue weighted by molar-refractivity contribution is 7.89. The predicted molar refractivity (Wildman–Crippen MR) is 117 cm³/mol. The summed E-state index contributed by atoms with van der Waals surface area (Å²) in [5, 5.41) is 6.40. The van der Waals surface area contributed by atoms with Crippen LogP contribution in [0.3, 0.4) is 0 Å². The van der Waals surface area contributed by atoms with Crippen molar-refractivity contribution in [2.75, 3.05) is 14.2 Å². The lowest BCUT2D eigenvalue weighted by molar-refractivity contribution is 0.414. The Morgan fingerprint density at radius 2 is 1.72 bits per heavy atom. The molecule has 0 fully saturated rings. The molecule has 0 spiro atoms. The fraction of sp³-hybridized carbons (Fsp3) is 0.381. The van der Waals surface area contributed by atoms with Gasteiger partial charge in [0.2, 0.25) is 10.0 Å². The molecule has 0 saturated carbocycles. The zero-order valence-electron chi connectivity index (χ0n) is 17.6. The van der Waals surface area contributed by atoms with Crippen LogP contribution in [0.5, 0.6) is 5.75 Å². The van der Waals surface area contributed by atoms with Gasteiger partial charge >= 0.3 is 0 Å². The normalized spacial score (nSPS) is 12.5. The molecule has 8 heteroatoms. The lowest BCUT2D eigenvalue weighted by Crippen LogP contribution is -2.41. The summed E-state index contributed by atoms with van der Waals surface area (Å²) in [6.45, 7) is 6.32. The van der Waals surface area contributed by atoms with E-state index in [4.69, 9.17) is 4.74 Å². The summed E-state index contributed by atoms with van der Waals surface area (Å²) in [6, 6.07) is 14.7. The minimum atomic E-state index is -3.63. The molecule has 29 heavy (non-hydrogen) atoms. The van der Waals surface area contributed by atoms with Crippen LogP contribution in [0.1, 0.15) is 31.9 Å². The maximum atomic E-state index is 12.8. The van der Waals surface area contributed by atoms with Gasteiger partial charge in [0.1, 0.15) is 5.75 Å². The average Bonchev–Trinajstić information content (AvgIpc) is 2.66. The topological polar surface area (TPSA) is 91.8 Å². The van der Waals surface area contributed by atoms with Crippen molar-refractivity contribution in [3.8, 4) is 5.75 Å². The van der Waals surface area contributed by atoms with E-state index in [0.717, 1.165) is 11.3 Å². The third-order valence-electron chi connectivity index (χ3n) is 3.97. The van der Waals surface area contributed by atoms with Crippen molar-refractivity contribution in [3.63, 3.8) is 0 Å². The minimum Gasteiger partial charge on any atom is -0.497 e. The summed E-state index contributed by atoms with van der Waals surface area (Å²) < 4.78 is 33.4. The number of aliphatic imine (C=N–C) groups is 1. The van der Waals surface area contributed by atoms with Crippen LogP contribution in [-0.4, -0.2) is 34.1 Å². The van der Waals surface area contributed by atoms with E-state index in [-0.39, 0.29) is 4.90 Å². The van der Waals surface area contributed by atoms with E-state index in [2.05, 4.69) is 20.3 Å². The highest BCUT2D eigenvalue weighted by Gasteiger charge is 2.24. The highest BCUT2D eigenvalue weighted by atomic mass is 32.2. The lowest BCUT2D eigenvalue weighted by atomic mass is 10.1. The van der Waals surface area contributed by atoms with Gasteiger partial charge in [-0.05, 0) is 50.1 Å². The van der Waals surface area contributed by atoms with Gasteiger partial charge in [-0.15, -0.1) is 0 Å². The average molecular weight is 419 g/mol. The summed E-state index contributed by atoms with van der Waals surface area (Å²) in [7, 11) is -0.327.